The molecule has 7 heteroatoms. The predicted molar refractivity (Wildman–Crippen MR) is 105 cm³/mol. The van der Waals surface area contributed by atoms with E-state index in [0.717, 1.165) is 45.8 Å². The fourth-order valence-electron chi connectivity index (χ4n) is 4.33. The van der Waals surface area contributed by atoms with E-state index in [2.05, 4.69) is 5.32 Å². The number of benzene rings is 1. The highest BCUT2D eigenvalue weighted by Gasteiger charge is 2.49. The van der Waals surface area contributed by atoms with Gasteiger partial charge >= 0.3 is 17.8 Å². The summed E-state index contributed by atoms with van der Waals surface area (Å²) in [6, 6.07) is 2.95. The van der Waals surface area contributed by atoms with Gasteiger partial charge in [0, 0.05) is 11.7 Å². The molecule has 2 fully saturated rings. The first-order valence-electron chi connectivity index (χ1n) is 9.77. The van der Waals surface area contributed by atoms with Crippen LogP contribution in [0.15, 0.2) is 12.1 Å². The van der Waals surface area contributed by atoms with Gasteiger partial charge in [0.1, 0.15) is 6.54 Å². The number of anilines is 1. The van der Waals surface area contributed by atoms with Crippen molar-refractivity contribution in [3.05, 3.63) is 28.8 Å². The molecule has 1 aliphatic carbocycles. The maximum Gasteiger partial charge on any atom is 0.334 e. The molecule has 1 saturated carbocycles. The summed E-state index contributed by atoms with van der Waals surface area (Å²) in [6.45, 7) is 7.27. The third-order valence-corrected chi connectivity index (χ3v) is 5.72. The van der Waals surface area contributed by atoms with Crippen molar-refractivity contribution in [2.24, 2.45) is 5.92 Å². The zero-order valence-electron chi connectivity index (χ0n) is 16.9. The van der Waals surface area contributed by atoms with Gasteiger partial charge in [-0.25, -0.2) is 9.69 Å². The van der Waals surface area contributed by atoms with Crippen LogP contribution >= 0.6 is 0 Å². The van der Waals surface area contributed by atoms with Crippen LogP contribution in [0, 0.1) is 26.7 Å². The molecule has 7 nitrogen and oxygen atoms in total. The van der Waals surface area contributed by atoms with Crippen LogP contribution in [0.2, 0.25) is 0 Å². The van der Waals surface area contributed by atoms with Crippen molar-refractivity contribution >= 4 is 29.4 Å². The van der Waals surface area contributed by atoms with Crippen LogP contribution < -0.4 is 5.32 Å². The van der Waals surface area contributed by atoms with E-state index in [-0.39, 0.29) is 12.0 Å². The minimum atomic E-state index is -0.921. The summed E-state index contributed by atoms with van der Waals surface area (Å²) in [5, 5.41) is 2.78. The summed E-state index contributed by atoms with van der Waals surface area (Å²) in [4.78, 5) is 51.9. The van der Waals surface area contributed by atoms with Gasteiger partial charge in [-0.1, -0.05) is 37.5 Å². The van der Waals surface area contributed by atoms with Crippen LogP contribution in [0.5, 0.6) is 0 Å². The average Bonchev–Trinajstić information content (AvgIpc) is 2.82. The Morgan fingerprint density at radius 1 is 1.04 bits per heavy atom. The Balaban J connectivity index is 1.73. The Morgan fingerprint density at radius 3 is 2.25 bits per heavy atom. The molecular formula is C21H27N3O4. The number of carbonyl (C=O) groups excluding carboxylic acids is 4. The molecule has 0 unspecified atom stereocenters. The number of hydrogen-bond donors (Lipinski definition) is 1. The summed E-state index contributed by atoms with van der Waals surface area (Å²) in [6.07, 6.45) is 3.60. The van der Waals surface area contributed by atoms with Gasteiger partial charge in [0.2, 0.25) is 5.91 Å². The van der Waals surface area contributed by atoms with Gasteiger partial charge in [0.05, 0.1) is 0 Å². The molecule has 2 atom stereocenters. The second-order valence-electron chi connectivity index (χ2n) is 8.00. The average molecular weight is 385 g/mol. The number of nitrogens with zero attached hydrogens (tertiary/aromatic N) is 2. The summed E-state index contributed by atoms with van der Waals surface area (Å²) < 4.78 is 0. The van der Waals surface area contributed by atoms with Gasteiger partial charge in [-0.2, -0.15) is 0 Å². The largest absolute Gasteiger partial charge is 0.334 e. The highest BCUT2D eigenvalue weighted by Crippen LogP contribution is 2.31. The van der Waals surface area contributed by atoms with E-state index in [1.165, 1.54) is 0 Å². The number of carbonyl (C=O) groups is 4. The number of imide groups is 2. The molecule has 28 heavy (non-hydrogen) atoms. The molecule has 5 amide bonds. The molecule has 1 heterocycles. The molecule has 0 spiro atoms. The van der Waals surface area contributed by atoms with E-state index in [0.29, 0.717) is 12.1 Å². The first-order chi connectivity index (χ1) is 13.2. The molecule has 150 valence electrons. The van der Waals surface area contributed by atoms with E-state index < -0.39 is 30.3 Å². The van der Waals surface area contributed by atoms with Crippen LogP contribution in [-0.4, -0.2) is 46.1 Å². The topological polar surface area (TPSA) is 86.8 Å². The van der Waals surface area contributed by atoms with E-state index in [9.17, 15) is 19.2 Å². The van der Waals surface area contributed by atoms with Crippen LogP contribution in [-0.2, 0) is 14.4 Å². The molecule has 1 aliphatic heterocycles. The van der Waals surface area contributed by atoms with Gasteiger partial charge in [-0.05, 0) is 50.7 Å². The first kappa shape index (κ1) is 20.0. The molecule has 3 rings (SSSR count). The van der Waals surface area contributed by atoms with Crippen molar-refractivity contribution in [3.8, 4) is 0 Å². The van der Waals surface area contributed by atoms with Crippen LogP contribution in [0.3, 0.4) is 0 Å². The van der Waals surface area contributed by atoms with E-state index in [4.69, 9.17) is 0 Å². The van der Waals surface area contributed by atoms with Crippen LogP contribution in [0.4, 0.5) is 10.5 Å². The Kier molecular flexibility index (Phi) is 5.54. The molecule has 2 aliphatic rings. The number of hydrogen-bond acceptors (Lipinski definition) is 4. The number of aryl methyl sites for hydroxylation is 3. The van der Waals surface area contributed by atoms with Gasteiger partial charge in [0.15, 0.2) is 0 Å². The molecule has 1 N–H and O–H groups in total. The summed E-state index contributed by atoms with van der Waals surface area (Å²) in [5.41, 5.74) is 3.55. The summed E-state index contributed by atoms with van der Waals surface area (Å²) in [7, 11) is 0. The minimum Gasteiger partial charge on any atom is -0.324 e. The molecular weight excluding hydrogens is 358 g/mol. The predicted octanol–water partition coefficient (Wildman–Crippen LogP) is 2.92. The maximum atomic E-state index is 12.8. The van der Waals surface area contributed by atoms with Crippen molar-refractivity contribution < 1.29 is 19.2 Å². The molecule has 1 aromatic rings. The quantitative estimate of drug-likeness (QED) is 0.638. The monoisotopic (exact) mass is 385 g/mol. The van der Waals surface area contributed by atoms with Crippen molar-refractivity contribution in [1.82, 2.24) is 9.80 Å². The number of rotatable bonds is 4. The molecule has 1 saturated heterocycles. The first-order valence-corrected chi connectivity index (χ1v) is 9.77. The highest BCUT2D eigenvalue weighted by molar-refractivity contribution is 6.45. The lowest BCUT2D eigenvalue weighted by Gasteiger charge is -2.34. The van der Waals surface area contributed by atoms with Crippen molar-refractivity contribution in [2.75, 3.05) is 11.9 Å². The van der Waals surface area contributed by atoms with Crippen LogP contribution in [0.25, 0.3) is 0 Å². The zero-order chi connectivity index (χ0) is 20.6. The number of urea groups is 1. The van der Waals surface area contributed by atoms with Gasteiger partial charge in [-0.3, -0.25) is 19.3 Å². The Labute approximate surface area is 165 Å². The summed E-state index contributed by atoms with van der Waals surface area (Å²) in [5.74, 6) is -2.08. The normalized spacial score (nSPS) is 22.8. The van der Waals surface area contributed by atoms with Crippen molar-refractivity contribution in [1.29, 1.82) is 0 Å². The highest BCUT2D eigenvalue weighted by atomic mass is 16.2. The number of nitrogens with one attached hydrogen (secondary N) is 1. The van der Waals surface area contributed by atoms with Crippen molar-refractivity contribution in [3.63, 3.8) is 0 Å². The summed E-state index contributed by atoms with van der Waals surface area (Å²) >= 11 is 0. The standard InChI is InChI=1S/C21H27N3O4/c1-12-9-14(3)18(15(4)10-12)22-17(25)11-23-19(26)20(27)24(21(23)28)16-8-6-5-7-13(16)2/h9-10,13,16H,5-8,11H2,1-4H3,(H,22,25)/t13-,16+/m1/s1. The zero-order valence-corrected chi connectivity index (χ0v) is 16.9. The molecule has 0 radical (unpaired) electrons. The van der Waals surface area contributed by atoms with Gasteiger partial charge < -0.3 is 5.32 Å². The Hall–Kier alpha value is -2.70. The van der Waals surface area contributed by atoms with E-state index in [1.54, 1.807) is 0 Å². The van der Waals surface area contributed by atoms with E-state index >= 15 is 0 Å². The maximum absolute atomic E-state index is 12.8. The lowest BCUT2D eigenvalue weighted by Crippen LogP contribution is -2.46. The lowest BCUT2D eigenvalue weighted by atomic mass is 9.85. The second kappa shape index (κ2) is 7.73. The number of amides is 5. The Morgan fingerprint density at radius 2 is 1.64 bits per heavy atom. The Bertz CT molecular complexity index is 825. The lowest BCUT2D eigenvalue weighted by molar-refractivity contribution is -0.145. The third-order valence-electron chi connectivity index (χ3n) is 5.72. The SMILES string of the molecule is Cc1cc(C)c(NC(=O)CN2C(=O)C(=O)N([C@H]3CCCC[C@H]3C)C2=O)c(C)c1. The van der Waals surface area contributed by atoms with Gasteiger partial charge in [-0.15, -0.1) is 0 Å². The van der Waals surface area contributed by atoms with Crippen molar-refractivity contribution in [2.45, 2.75) is 59.4 Å². The minimum absolute atomic E-state index is 0.154. The third kappa shape index (κ3) is 3.66. The molecule has 0 bridgehead atoms. The smallest absolute Gasteiger partial charge is 0.324 e. The van der Waals surface area contributed by atoms with Gasteiger partial charge in [0.25, 0.3) is 0 Å². The molecule has 0 aromatic heterocycles. The second-order valence-corrected chi connectivity index (χ2v) is 8.00. The molecule has 1 aromatic carbocycles. The fraction of sp³-hybridized carbons (Fsp3) is 0.524. The fourth-order valence-corrected chi connectivity index (χ4v) is 4.33. The van der Waals surface area contributed by atoms with E-state index in [1.807, 2.05) is 39.8 Å². The van der Waals surface area contributed by atoms with Crippen LogP contribution in [0.1, 0.15) is 49.3 Å².